The van der Waals surface area contributed by atoms with Crippen LogP contribution in [0.5, 0.6) is 0 Å². The van der Waals surface area contributed by atoms with Crippen LogP contribution in [-0.4, -0.2) is 22.5 Å². The van der Waals surface area contributed by atoms with Gasteiger partial charge in [-0.1, -0.05) is 19.1 Å². The van der Waals surface area contributed by atoms with E-state index in [-0.39, 0.29) is 24.1 Å². The molecule has 0 heterocycles. The summed E-state index contributed by atoms with van der Waals surface area (Å²) in [5.74, 6) is -1.65. The molecule has 2 rings (SSSR count). The minimum absolute atomic E-state index is 0.0785. The van der Waals surface area contributed by atoms with Gasteiger partial charge in [0.2, 0.25) is 5.91 Å². The second-order valence-electron chi connectivity index (χ2n) is 5.09. The molecular formula is C14H16FNO3. The lowest BCUT2D eigenvalue weighted by Gasteiger charge is -2.15. The van der Waals surface area contributed by atoms with E-state index in [1.165, 1.54) is 12.1 Å². The number of amides is 1. The van der Waals surface area contributed by atoms with E-state index in [0.717, 1.165) is 5.56 Å². The normalized spacial score (nSPS) is 17.6. The number of nitrogens with one attached hydrogen (secondary N) is 1. The lowest BCUT2D eigenvalue weighted by molar-refractivity contribution is -0.143. The van der Waals surface area contributed by atoms with Crippen LogP contribution >= 0.6 is 0 Å². The first-order chi connectivity index (χ1) is 8.93. The highest BCUT2D eigenvalue weighted by atomic mass is 19.1. The first-order valence-electron chi connectivity index (χ1n) is 6.23. The number of aliphatic carboxylic acids is 1. The average molecular weight is 265 g/mol. The van der Waals surface area contributed by atoms with Crippen molar-refractivity contribution in [3.63, 3.8) is 0 Å². The molecule has 1 fully saturated rings. The predicted molar refractivity (Wildman–Crippen MR) is 67.2 cm³/mol. The molecule has 0 aromatic heterocycles. The maximum absolute atomic E-state index is 12.8. The van der Waals surface area contributed by atoms with Crippen molar-refractivity contribution < 1.29 is 19.1 Å². The molecule has 1 amide bonds. The van der Waals surface area contributed by atoms with Gasteiger partial charge in [0.1, 0.15) is 11.4 Å². The van der Waals surface area contributed by atoms with Crippen LogP contribution in [0.25, 0.3) is 0 Å². The summed E-state index contributed by atoms with van der Waals surface area (Å²) in [6.07, 6.45) is 1.17. The van der Waals surface area contributed by atoms with Crippen molar-refractivity contribution in [2.45, 2.75) is 37.6 Å². The molecule has 1 saturated carbocycles. The van der Waals surface area contributed by atoms with E-state index < -0.39 is 11.5 Å². The number of benzene rings is 1. The molecule has 1 atom stereocenters. The SMILES string of the molecule is CC(CC(=O)NC1(C(=O)O)CC1)c1ccc(F)cc1. The van der Waals surface area contributed by atoms with Crippen LogP contribution in [0.15, 0.2) is 24.3 Å². The lowest BCUT2D eigenvalue weighted by atomic mass is 9.97. The Morgan fingerprint density at radius 2 is 1.95 bits per heavy atom. The molecule has 1 aliphatic rings. The van der Waals surface area contributed by atoms with E-state index >= 15 is 0 Å². The van der Waals surface area contributed by atoms with Gasteiger partial charge in [-0.2, -0.15) is 0 Å². The monoisotopic (exact) mass is 265 g/mol. The quantitative estimate of drug-likeness (QED) is 0.856. The van der Waals surface area contributed by atoms with Gasteiger partial charge >= 0.3 is 5.97 Å². The van der Waals surface area contributed by atoms with Crippen LogP contribution in [0, 0.1) is 5.82 Å². The van der Waals surface area contributed by atoms with E-state index in [1.54, 1.807) is 12.1 Å². The standard InChI is InChI=1S/C14H16FNO3/c1-9(10-2-4-11(15)5-3-10)8-12(17)16-14(6-7-14)13(18)19/h2-5,9H,6-8H2,1H3,(H,16,17)(H,18,19). The van der Waals surface area contributed by atoms with Crippen molar-refractivity contribution in [3.8, 4) is 0 Å². The van der Waals surface area contributed by atoms with E-state index in [2.05, 4.69) is 5.32 Å². The van der Waals surface area contributed by atoms with Crippen LogP contribution in [0.3, 0.4) is 0 Å². The third-order valence-corrected chi connectivity index (χ3v) is 3.47. The fraction of sp³-hybridized carbons (Fsp3) is 0.429. The van der Waals surface area contributed by atoms with Gasteiger partial charge in [-0.15, -0.1) is 0 Å². The summed E-state index contributed by atoms with van der Waals surface area (Å²) in [4.78, 5) is 22.8. The van der Waals surface area contributed by atoms with Gasteiger partial charge in [-0.25, -0.2) is 9.18 Å². The Hall–Kier alpha value is -1.91. The summed E-state index contributed by atoms with van der Waals surface area (Å²) in [5.41, 5.74) is -0.184. The average Bonchev–Trinajstić information content (AvgIpc) is 3.10. The summed E-state index contributed by atoms with van der Waals surface area (Å²) >= 11 is 0. The molecule has 102 valence electrons. The number of carbonyl (C=O) groups is 2. The van der Waals surface area contributed by atoms with Crippen molar-refractivity contribution >= 4 is 11.9 Å². The molecular weight excluding hydrogens is 249 g/mol. The zero-order chi connectivity index (χ0) is 14.0. The lowest BCUT2D eigenvalue weighted by Crippen LogP contribution is -2.43. The van der Waals surface area contributed by atoms with Gasteiger partial charge in [0, 0.05) is 6.42 Å². The van der Waals surface area contributed by atoms with Gasteiger partial charge in [0.15, 0.2) is 0 Å². The van der Waals surface area contributed by atoms with Crippen LogP contribution < -0.4 is 5.32 Å². The van der Waals surface area contributed by atoms with Crippen LogP contribution in [0.4, 0.5) is 4.39 Å². The van der Waals surface area contributed by atoms with E-state index in [1.807, 2.05) is 6.92 Å². The molecule has 4 nitrogen and oxygen atoms in total. The van der Waals surface area contributed by atoms with Crippen molar-refractivity contribution in [3.05, 3.63) is 35.6 Å². The molecule has 0 spiro atoms. The number of halogens is 1. The van der Waals surface area contributed by atoms with Gasteiger partial charge in [-0.3, -0.25) is 4.79 Å². The maximum Gasteiger partial charge on any atom is 0.329 e. The Kier molecular flexibility index (Phi) is 3.55. The van der Waals surface area contributed by atoms with Crippen LogP contribution in [0.1, 0.15) is 37.7 Å². The predicted octanol–water partition coefficient (Wildman–Crippen LogP) is 2.05. The van der Waals surface area contributed by atoms with E-state index in [0.29, 0.717) is 12.8 Å². The third-order valence-electron chi connectivity index (χ3n) is 3.47. The highest BCUT2D eigenvalue weighted by molar-refractivity contribution is 5.89. The Morgan fingerprint density at radius 1 is 1.37 bits per heavy atom. The smallest absolute Gasteiger partial charge is 0.329 e. The number of carbonyl (C=O) groups excluding carboxylic acids is 1. The molecule has 5 heteroatoms. The zero-order valence-electron chi connectivity index (χ0n) is 10.6. The van der Waals surface area contributed by atoms with Crippen LogP contribution in [-0.2, 0) is 9.59 Å². The van der Waals surface area contributed by atoms with Gasteiger partial charge in [0.05, 0.1) is 0 Å². The third kappa shape index (κ3) is 3.10. The molecule has 0 bridgehead atoms. The van der Waals surface area contributed by atoms with E-state index in [4.69, 9.17) is 5.11 Å². The van der Waals surface area contributed by atoms with E-state index in [9.17, 15) is 14.0 Å². The highest BCUT2D eigenvalue weighted by Gasteiger charge is 2.51. The number of rotatable bonds is 5. The Bertz CT molecular complexity index is 494. The highest BCUT2D eigenvalue weighted by Crippen LogP contribution is 2.35. The minimum Gasteiger partial charge on any atom is -0.480 e. The molecule has 0 radical (unpaired) electrons. The second-order valence-corrected chi connectivity index (χ2v) is 5.09. The largest absolute Gasteiger partial charge is 0.480 e. The molecule has 1 aromatic rings. The number of hydrogen-bond acceptors (Lipinski definition) is 2. The number of hydrogen-bond donors (Lipinski definition) is 2. The molecule has 0 saturated heterocycles. The maximum atomic E-state index is 12.8. The first kappa shape index (κ1) is 13.5. The summed E-state index contributed by atoms with van der Waals surface area (Å²) in [6.45, 7) is 1.85. The van der Waals surface area contributed by atoms with Crippen LogP contribution in [0.2, 0.25) is 0 Å². The molecule has 0 aliphatic heterocycles. The van der Waals surface area contributed by atoms with Crippen molar-refractivity contribution in [1.82, 2.24) is 5.32 Å². The Balaban J connectivity index is 1.92. The fourth-order valence-corrected chi connectivity index (χ4v) is 2.02. The molecule has 1 aromatic carbocycles. The van der Waals surface area contributed by atoms with Crippen molar-refractivity contribution in [2.24, 2.45) is 0 Å². The first-order valence-corrected chi connectivity index (χ1v) is 6.23. The molecule has 19 heavy (non-hydrogen) atoms. The molecule has 1 unspecified atom stereocenters. The van der Waals surface area contributed by atoms with Gasteiger partial charge in [-0.05, 0) is 36.5 Å². The van der Waals surface area contributed by atoms with Gasteiger partial charge in [0.25, 0.3) is 0 Å². The number of carboxylic acids is 1. The Morgan fingerprint density at radius 3 is 2.42 bits per heavy atom. The topological polar surface area (TPSA) is 66.4 Å². The van der Waals surface area contributed by atoms with Gasteiger partial charge < -0.3 is 10.4 Å². The summed E-state index contributed by atoms with van der Waals surface area (Å²) in [5, 5.41) is 11.5. The van der Waals surface area contributed by atoms with Crippen molar-refractivity contribution in [1.29, 1.82) is 0 Å². The molecule has 2 N–H and O–H groups in total. The molecule has 1 aliphatic carbocycles. The summed E-state index contributed by atoms with van der Waals surface area (Å²) in [6, 6.07) is 5.97. The summed E-state index contributed by atoms with van der Waals surface area (Å²) in [7, 11) is 0. The zero-order valence-corrected chi connectivity index (χ0v) is 10.6. The minimum atomic E-state index is -1.04. The second kappa shape index (κ2) is 4.99. The fourth-order valence-electron chi connectivity index (χ4n) is 2.02. The Labute approximate surface area is 110 Å². The van der Waals surface area contributed by atoms with Crippen molar-refractivity contribution in [2.75, 3.05) is 0 Å². The number of carboxylic acid groups (broad SMARTS) is 1. The summed E-state index contributed by atoms with van der Waals surface area (Å²) < 4.78 is 12.8.